The molecule has 3 aromatic rings. The van der Waals surface area contributed by atoms with Gasteiger partial charge in [0, 0.05) is 23.0 Å². The van der Waals surface area contributed by atoms with Gasteiger partial charge in [0.1, 0.15) is 18.1 Å². The Kier molecular flexibility index (Phi) is 9.26. The molecule has 1 fully saturated rings. The van der Waals surface area contributed by atoms with Crippen molar-refractivity contribution >= 4 is 39.4 Å². The minimum absolute atomic E-state index is 0.134. The van der Waals surface area contributed by atoms with E-state index in [2.05, 4.69) is 15.9 Å². The zero-order valence-corrected chi connectivity index (χ0v) is 24.9. The Labute approximate surface area is 253 Å². The van der Waals surface area contributed by atoms with E-state index in [1.807, 2.05) is 72.8 Å². The molecule has 1 aliphatic heterocycles. The van der Waals surface area contributed by atoms with Gasteiger partial charge in [0.2, 0.25) is 11.8 Å². The van der Waals surface area contributed by atoms with Crippen molar-refractivity contribution < 1.29 is 29.6 Å². The smallest absolute Gasteiger partial charge is 0.233 e. The highest BCUT2D eigenvalue weighted by atomic mass is 79.9. The number of halogens is 1. The molecule has 2 aliphatic rings. The quantitative estimate of drug-likeness (QED) is 0.156. The van der Waals surface area contributed by atoms with Crippen molar-refractivity contribution in [2.45, 2.75) is 25.4 Å². The molecule has 1 saturated heterocycles. The third-order valence-corrected chi connectivity index (χ3v) is 8.76. The van der Waals surface area contributed by atoms with Gasteiger partial charge in [0.25, 0.3) is 0 Å². The number of aromatic hydroxyl groups is 1. The van der Waals surface area contributed by atoms with Crippen molar-refractivity contribution in [1.82, 2.24) is 4.90 Å². The van der Waals surface area contributed by atoms with Crippen molar-refractivity contribution in [3.8, 4) is 11.5 Å². The van der Waals surface area contributed by atoms with E-state index in [0.29, 0.717) is 29.7 Å². The molecule has 0 bridgehead atoms. The summed E-state index contributed by atoms with van der Waals surface area (Å²) in [5.41, 5.74) is 3.81. The SMILES string of the molecule is CN1C(=O)[C@@H]2[C@@H](CC(COc3ccccc3)=C([C@H](O)CC/C(=C/c3cc(Br)ccc3O)c3ccccc3)[C@@H]2CO)C1=O. The Balaban J connectivity index is 1.48. The molecule has 0 saturated carbocycles. The molecule has 218 valence electrons. The van der Waals surface area contributed by atoms with Gasteiger partial charge < -0.3 is 20.1 Å². The number of fused-ring (bicyclic) bond motifs is 1. The zero-order valence-electron chi connectivity index (χ0n) is 23.3. The van der Waals surface area contributed by atoms with Crippen LogP contribution in [0.3, 0.4) is 0 Å². The Bertz CT molecular complexity index is 1500. The monoisotopic (exact) mass is 631 g/mol. The van der Waals surface area contributed by atoms with E-state index in [1.165, 1.54) is 7.05 Å². The summed E-state index contributed by atoms with van der Waals surface area (Å²) in [6, 6.07) is 24.3. The molecule has 7 nitrogen and oxygen atoms in total. The number of benzene rings is 3. The summed E-state index contributed by atoms with van der Waals surface area (Å²) >= 11 is 3.47. The Morgan fingerprint density at radius 1 is 1.05 bits per heavy atom. The van der Waals surface area contributed by atoms with E-state index in [9.17, 15) is 24.9 Å². The molecule has 42 heavy (non-hydrogen) atoms. The van der Waals surface area contributed by atoms with Crippen LogP contribution in [0.4, 0.5) is 0 Å². The minimum Gasteiger partial charge on any atom is -0.507 e. The fourth-order valence-corrected chi connectivity index (χ4v) is 6.54. The molecule has 0 radical (unpaired) electrons. The maximum absolute atomic E-state index is 13.1. The summed E-state index contributed by atoms with van der Waals surface area (Å²) in [5, 5.41) is 32.8. The van der Waals surface area contributed by atoms with Gasteiger partial charge in [-0.1, -0.05) is 64.5 Å². The number of imide groups is 1. The van der Waals surface area contributed by atoms with Gasteiger partial charge in [-0.3, -0.25) is 14.5 Å². The molecular formula is C34H34BrNO6. The second kappa shape index (κ2) is 13.1. The fourth-order valence-electron chi connectivity index (χ4n) is 6.16. The maximum atomic E-state index is 13.1. The largest absolute Gasteiger partial charge is 0.507 e. The molecular weight excluding hydrogens is 598 g/mol. The summed E-state index contributed by atoms with van der Waals surface area (Å²) in [6.07, 6.45) is 1.94. The van der Waals surface area contributed by atoms with E-state index in [4.69, 9.17) is 4.74 Å². The number of nitrogens with zero attached hydrogens (tertiary/aromatic N) is 1. The van der Waals surface area contributed by atoms with Gasteiger partial charge >= 0.3 is 0 Å². The standard InChI is InChI=1S/C34H34BrNO6/c1-36-33(40)27-18-24(20-42-26-10-6-3-7-11-26)31(28(19-37)32(27)34(36)41)30(39)14-12-22(21-8-4-2-5-9-21)16-23-17-25(35)13-15-29(23)38/h2-11,13,15-17,27-28,30,32,37-39H,12,14,18-20H2,1H3/b22-16-/t27-,28+,30-,32-/m1/s1. The number of hydrogen-bond donors (Lipinski definition) is 3. The molecule has 0 aromatic heterocycles. The summed E-state index contributed by atoms with van der Waals surface area (Å²) in [6.45, 7) is -0.239. The summed E-state index contributed by atoms with van der Waals surface area (Å²) in [5.74, 6) is -1.82. The van der Waals surface area contributed by atoms with Gasteiger partial charge in [-0.15, -0.1) is 0 Å². The predicted octanol–water partition coefficient (Wildman–Crippen LogP) is 5.46. The van der Waals surface area contributed by atoms with Crippen molar-refractivity contribution in [3.63, 3.8) is 0 Å². The van der Waals surface area contributed by atoms with Crippen molar-refractivity contribution in [1.29, 1.82) is 0 Å². The average Bonchev–Trinajstić information content (AvgIpc) is 3.23. The number of carbonyl (C=O) groups excluding carboxylic acids is 2. The van der Waals surface area contributed by atoms with E-state index in [1.54, 1.807) is 12.1 Å². The number of aliphatic hydroxyl groups excluding tert-OH is 2. The number of amides is 2. The number of rotatable bonds is 10. The second-order valence-corrected chi connectivity index (χ2v) is 11.7. The highest BCUT2D eigenvalue weighted by Crippen LogP contribution is 2.46. The summed E-state index contributed by atoms with van der Waals surface area (Å²) < 4.78 is 6.88. The molecule has 5 rings (SSSR count). The number of phenolic OH excluding ortho intramolecular Hbond substituents is 1. The Morgan fingerprint density at radius 2 is 1.74 bits per heavy atom. The van der Waals surface area contributed by atoms with Crippen LogP contribution in [0.5, 0.6) is 11.5 Å². The first-order chi connectivity index (χ1) is 20.3. The number of carbonyl (C=O) groups is 2. The van der Waals surface area contributed by atoms with Gasteiger partial charge in [0.05, 0.1) is 24.5 Å². The molecule has 0 unspecified atom stereocenters. The number of aliphatic hydroxyl groups is 2. The van der Waals surface area contributed by atoms with Crippen molar-refractivity contribution in [2.75, 3.05) is 20.3 Å². The lowest BCUT2D eigenvalue weighted by Crippen LogP contribution is -2.39. The molecule has 3 N–H and O–H groups in total. The van der Waals surface area contributed by atoms with E-state index >= 15 is 0 Å². The highest BCUT2D eigenvalue weighted by molar-refractivity contribution is 9.10. The van der Waals surface area contributed by atoms with Crippen LogP contribution in [0.2, 0.25) is 0 Å². The number of allylic oxidation sites excluding steroid dienone is 1. The van der Waals surface area contributed by atoms with Gasteiger partial charge in [-0.25, -0.2) is 0 Å². The van der Waals surface area contributed by atoms with Crippen molar-refractivity contribution in [2.24, 2.45) is 17.8 Å². The predicted molar refractivity (Wildman–Crippen MR) is 164 cm³/mol. The van der Waals surface area contributed by atoms with Gasteiger partial charge in [-0.05, 0) is 78.0 Å². The lowest BCUT2D eigenvalue weighted by atomic mass is 9.68. The Morgan fingerprint density at radius 3 is 2.43 bits per heavy atom. The molecule has 2 amide bonds. The second-order valence-electron chi connectivity index (χ2n) is 10.8. The molecule has 4 atom stereocenters. The lowest BCUT2D eigenvalue weighted by molar-refractivity contribution is -0.138. The van der Waals surface area contributed by atoms with Crippen LogP contribution in [0, 0.1) is 17.8 Å². The number of ether oxygens (including phenoxy) is 1. The van der Waals surface area contributed by atoms with E-state index in [-0.39, 0.29) is 37.2 Å². The normalized spacial score (nSPS) is 21.5. The lowest BCUT2D eigenvalue weighted by Gasteiger charge is -2.36. The maximum Gasteiger partial charge on any atom is 0.233 e. The third kappa shape index (κ3) is 6.21. The molecule has 1 heterocycles. The minimum atomic E-state index is -0.991. The molecule has 3 aromatic carbocycles. The van der Waals surface area contributed by atoms with Gasteiger partial charge in [-0.2, -0.15) is 0 Å². The summed E-state index contributed by atoms with van der Waals surface area (Å²) in [4.78, 5) is 27.2. The zero-order chi connectivity index (χ0) is 29.8. The molecule has 8 heteroatoms. The highest BCUT2D eigenvalue weighted by Gasteiger charge is 2.53. The van der Waals surface area contributed by atoms with Crippen LogP contribution >= 0.6 is 15.9 Å². The molecule has 0 spiro atoms. The number of likely N-dealkylation sites (tertiary alicyclic amines) is 1. The van der Waals surface area contributed by atoms with E-state index in [0.717, 1.165) is 26.1 Å². The fraction of sp³-hybridized carbons (Fsp3) is 0.294. The summed E-state index contributed by atoms with van der Waals surface area (Å²) in [7, 11) is 1.47. The van der Waals surface area contributed by atoms with Crippen LogP contribution < -0.4 is 4.74 Å². The van der Waals surface area contributed by atoms with E-state index < -0.39 is 23.9 Å². The first kappa shape index (κ1) is 29.8. The van der Waals surface area contributed by atoms with Crippen LogP contribution in [0.25, 0.3) is 11.6 Å². The molecule has 1 aliphatic carbocycles. The van der Waals surface area contributed by atoms with Crippen LogP contribution in [0.15, 0.2) is 94.5 Å². The topological polar surface area (TPSA) is 107 Å². The average molecular weight is 633 g/mol. The van der Waals surface area contributed by atoms with Crippen LogP contribution in [-0.2, 0) is 9.59 Å². The first-order valence-corrected chi connectivity index (χ1v) is 14.8. The number of hydrogen-bond acceptors (Lipinski definition) is 6. The number of phenols is 1. The van der Waals surface area contributed by atoms with Crippen LogP contribution in [-0.4, -0.2) is 58.4 Å². The first-order valence-electron chi connectivity index (χ1n) is 14.0. The van der Waals surface area contributed by atoms with Crippen molar-refractivity contribution in [3.05, 3.63) is 106 Å². The third-order valence-electron chi connectivity index (χ3n) is 8.27. The Hall–Kier alpha value is -3.72. The van der Waals surface area contributed by atoms with Gasteiger partial charge in [0.15, 0.2) is 0 Å². The number of para-hydroxylation sites is 1. The van der Waals surface area contributed by atoms with Crippen LogP contribution in [0.1, 0.15) is 30.4 Å².